The summed E-state index contributed by atoms with van der Waals surface area (Å²) in [5, 5.41) is 5.76. The molecule has 1 aromatic rings. The van der Waals surface area contributed by atoms with Gasteiger partial charge in [0.2, 0.25) is 0 Å². The van der Waals surface area contributed by atoms with Crippen LogP contribution in [0.3, 0.4) is 0 Å². The van der Waals surface area contributed by atoms with Crippen LogP contribution in [0.4, 0.5) is 0 Å². The van der Waals surface area contributed by atoms with E-state index < -0.39 is 0 Å². The monoisotopic (exact) mass is 331 g/mol. The maximum atomic E-state index is 5.74. The molecule has 1 saturated heterocycles. The summed E-state index contributed by atoms with van der Waals surface area (Å²) < 4.78 is 12.7. The van der Waals surface area contributed by atoms with E-state index in [0.717, 1.165) is 45.4 Å². The predicted molar refractivity (Wildman–Crippen MR) is 75.7 cm³/mol. The molecule has 1 saturated carbocycles. The maximum absolute atomic E-state index is 5.74. The third kappa shape index (κ3) is 2.80. The Balaban J connectivity index is 1.47. The second-order valence-corrected chi connectivity index (χ2v) is 6.81. The number of hydrogen-bond donors (Lipinski definition) is 1. The van der Waals surface area contributed by atoms with E-state index in [-0.39, 0.29) is 5.79 Å². The van der Waals surface area contributed by atoms with E-state index in [4.69, 9.17) is 9.47 Å². The van der Waals surface area contributed by atoms with Gasteiger partial charge in [0.05, 0.1) is 13.2 Å². The zero-order chi connectivity index (χ0) is 12.4. The number of rotatable bonds is 3. The second kappa shape index (κ2) is 5.59. The second-order valence-electron chi connectivity index (χ2n) is 4.95. The number of halogens is 1. The average Bonchev–Trinajstić information content (AvgIpc) is 2.99. The number of thiophene rings is 1. The van der Waals surface area contributed by atoms with E-state index in [0.29, 0.717) is 6.04 Å². The van der Waals surface area contributed by atoms with Gasteiger partial charge in [-0.05, 0) is 40.2 Å². The van der Waals surface area contributed by atoms with Crippen molar-refractivity contribution in [3.8, 4) is 0 Å². The number of hydrogen-bond acceptors (Lipinski definition) is 4. The van der Waals surface area contributed by atoms with Crippen molar-refractivity contribution in [2.45, 2.75) is 44.1 Å². The topological polar surface area (TPSA) is 30.5 Å². The van der Waals surface area contributed by atoms with E-state index in [1.54, 1.807) is 11.3 Å². The molecule has 0 amide bonds. The molecular weight excluding hydrogens is 314 g/mol. The molecule has 18 heavy (non-hydrogen) atoms. The quantitative estimate of drug-likeness (QED) is 0.921. The summed E-state index contributed by atoms with van der Waals surface area (Å²) in [4.78, 5) is 1.38. The summed E-state index contributed by atoms with van der Waals surface area (Å²) in [6, 6.07) is 2.70. The highest BCUT2D eigenvalue weighted by Crippen LogP contribution is 2.36. The zero-order valence-corrected chi connectivity index (χ0v) is 12.7. The highest BCUT2D eigenvalue weighted by atomic mass is 79.9. The lowest BCUT2D eigenvalue weighted by Gasteiger charge is -2.35. The van der Waals surface area contributed by atoms with Crippen LogP contribution in [0, 0.1) is 0 Å². The standard InChI is InChI=1S/C13H18BrNO2S/c14-11-3-8-18-12(11)9-15-10-1-4-13(5-2-10)16-6-7-17-13/h3,8,10,15H,1-2,4-7,9H2. The summed E-state index contributed by atoms with van der Waals surface area (Å²) >= 11 is 5.37. The van der Waals surface area contributed by atoms with Crippen LogP contribution in [-0.2, 0) is 16.0 Å². The molecule has 2 fully saturated rings. The molecule has 1 aliphatic heterocycles. The summed E-state index contributed by atoms with van der Waals surface area (Å²) in [6.45, 7) is 2.48. The van der Waals surface area contributed by atoms with E-state index >= 15 is 0 Å². The van der Waals surface area contributed by atoms with Gasteiger partial charge in [0.1, 0.15) is 0 Å². The first-order valence-electron chi connectivity index (χ1n) is 6.51. The van der Waals surface area contributed by atoms with Gasteiger partial charge < -0.3 is 14.8 Å². The largest absolute Gasteiger partial charge is 0.348 e. The fourth-order valence-electron chi connectivity index (χ4n) is 2.74. The Kier molecular flexibility index (Phi) is 4.06. The summed E-state index contributed by atoms with van der Waals surface area (Å²) in [7, 11) is 0. The maximum Gasteiger partial charge on any atom is 0.168 e. The van der Waals surface area contributed by atoms with Crippen molar-refractivity contribution in [2.24, 2.45) is 0 Å². The molecule has 3 rings (SSSR count). The molecular formula is C13H18BrNO2S. The van der Waals surface area contributed by atoms with Gasteiger partial charge in [0.25, 0.3) is 0 Å². The molecule has 100 valence electrons. The third-order valence-corrected chi connectivity index (χ3v) is 5.73. The Labute approximate surface area is 120 Å². The minimum atomic E-state index is -0.234. The Bertz CT molecular complexity index is 393. The number of nitrogens with one attached hydrogen (secondary N) is 1. The lowest BCUT2D eigenvalue weighted by atomic mass is 9.90. The van der Waals surface area contributed by atoms with Crippen LogP contribution in [0.15, 0.2) is 15.9 Å². The van der Waals surface area contributed by atoms with Gasteiger partial charge in [0.15, 0.2) is 5.79 Å². The molecule has 1 aromatic heterocycles. The van der Waals surface area contributed by atoms with Crippen molar-refractivity contribution >= 4 is 27.3 Å². The van der Waals surface area contributed by atoms with Gasteiger partial charge in [-0.2, -0.15) is 0 Å². The van der Waals surface area contributed by atoms with Gasteiger partial charge in [-0.15, -0.1) is 11.3 Å². The molecule has 0 atom stereocenters. The smallest absolute Gasteiger partial charge is 0.168 e. The van der Waals surface area contributed by atoms with Crippen LogP contribution >= 0.6 is 27.3 Å². The lowest BCUT2D eigenvalue weighted by Crippen LogP contribution is -2.41. The van der Waals surface area contributed by atoms with E-state index in [1.165, 1.54) is 9.35 Å². The Hall–Kier alpha value is 0.0600. The van der Waals surface area contributed by atoms with Crippen molar-refractivity contribution in [3.05, 3.63) is 20.8 Å². The fourth-order valence-corrected chi connectivity index (χ4v) is 4.18. The van der Waals surface area contributed by atoms with E-state index in [1.807, 2.05) is 0 Å². The van der Waals surface area contributed by atoms with Gasteiger partial charge in [-0.1, -0.05) is 0 Å². The minimum Gasteiger partial charge on any atom is -0.348 e. The SMILES string of the molecule is Brc1ccsc1CNC1CCC2(CC1)OCCO2. The van der Waals surface area contributed by atoms with Gasteiger partial charge >= 0.3 is 0 Å². The van der Waals surface area contributed by atoms with Crippen molar-refractivity contribution in [2.75, 3.05) is 13.2 Å². The van der Waals surface area contributed by atoms with Crippen LogP contribution in [0.2, 0.25) is 0 Å². The molecule has 0 radical (unpaired) electrons. The highest BCUT2D eigenvalue weighted by Gasteiger charge is 2.40. The molecule has 0 aromatic carbocycles. The van der Waals surface area contributed by atoms with Crippen molar-refractivity contribution in [1.29, 1.82) is 0 Å². The molecule has 1 spiro atoms. The van der Waals surface area contributed by atoms with Crippen molar-refractivity contribution in [1.82, 2.24) is 5.32 Å². The summed E-state index contributed by atoms with van der Waals surface area (Å²) in [5.74, 6) is -0.234. The first-order valence-corrected chi connectivity index (χ1v) is 8.18. The van der Waals surface area contributed by atoms with E-state index in [2.05, 4.69) is 32.7 Å². The zero-order valence-electron chi connectivity index (χ0n) is 10.3. The molecule has 3 nitrogen and oxygen atoms in total. The highest BCUT2D eigenvalue weighted by molar-refractivity contribution is 9.10. The fraction of sp³-hybridized carbons (Fsp3) is 0.692. The van der Waals surface area contributed by atoms with Crippen LogP contribution < -0.4 is 5.32 Å². The first-order chi connectivity index (χ1) is 8.77. The summed E-state index contributed by atoms with van der Waals surface area (Å²) in [5.41, 5.74) is 0. The Morgan fingerprint density at radius 1 is 1.33 bits per heavy atom. The molecule has 2 aliphatic rings. The molecule has 5 heteroatoms. The van der Waals surface area contributed by atoms with Gasteiger partial charge in [-0.3, -0.25) is 0 Å². The van der Waals surface area contributed by atoms with Crippen molar-refractivity contribution < 1.29 is 9.47 Å². The van der Waals surface area contributed by atoms with Crippen LogP contribution in [0.25, 0.3) is 0 Å². The molecule has 1 N–H and O–H groups in total. The number of ether oxygens (including phenoxy) is 2. The third-order valence-electron chi connectivity index (χ3n) is 3.80. The van der Waals surface area contributed by atoms with Gasteiger partial charge in [0, 0.05) is 34.8 Å². The Morgan fingerprint density at radius 3 is 2.67 bits per heavy atom. The predicted octanol–water partition coefficient (Wildman–Crippen LogP) is 3.29. The van der Waals surface area contributed by atoms with Crippen LogP contribution in [0.1, 0.15) is 30.6 Å². The molecule has 1 aliphatic carbocycles. The molecule has 0 unspecified atom stereocenters. The first kappa shape index (κ1) is 13.1. The average molecular weight is 332 g/mol. The lowest BCUT2D eigenvalue weighted by molar-refractivity contribution is -0.179. The summed E-state index contributed by atoms with van der Waals surface area (Å²) in [6.07, 6.45) is 4.33. The van der Waals surface area contributed by atoms with Crippen LogP contribution in [0.5, 0.6) is 0 Å². The van der Waals surface area contributed by atoms with E-state index in [9.17, 15) is 0 Å². The normalized spacial score (nSPS) is 23.8. The van der Waals surface area contributed by atoms with Crippen molar-refractivity contribution in [3.63, 3.8) is 0 Å². The van der Waals surface area contributed by atoms with Crippen LogP contribution in [-0.4, -0.2) is 25.0 Å². The Morgan fingerprint density at radius 2 is 2.06 bits per heavy atom. The molecule has 0 bridgehead atoms. The minimum absolute atomic E-state index is 0.234. The molecule has 2 heterocycles. The van der Waals surface area contributed by atoms with Gasteiger partial charge in [-0.25, -0.2) is 0 Å².